The maximum Gasteiger partial charge on any atom is 0.258 e. The molecule has 0 spiro atoms. The summed E-state index contributed by atoms with van der Waals surface area (Å²) in [4.78, 5) is 0. The first-order valence-electron chi connectivity index (χ1n) is 5.21. The van der Waals surface area contributed by atoms with Gasteiger partial charge < -0.3 is 5.32 Å². The van der Waals surface area contributed by atoms with E-state index in [9.17, 15) is 8.78 Å². The molecular formula is C13H13F2N. The summed E-state index contributed by atoms with van der Waals surface area (Å²) in [6.45, 7) is 1.48. The highest BCUT2D eigenvalue weighted by atomic mass is 19.3. The summed E-state index contributed by atoms with van der Waals surface area (Å²) < 4.78 is 24.9. The molecule has 16 heavy (non-hydrogen) atoms. The van der Waals surface area contributed by atoms with Gasteiger partial charge in [0, 0.05) is 11.1 Å². The standard InChI is InChI=1S/C13H13F2N/c1-9(13(14)15)16-12-8-4-6-10-5-2-3-7-11(10)12/h2-9,13,16H,1H3. The monoisotopic (exact) mass is 221 g/mol. The normalized spacial score (nSPS) is 13.0. The number of fused-ring (bicyclic) bond motifs is 1. The third-order valence-electron chi connectivity index (χ3n) is 2.55. The van der Waals surface area contributed by atoms with E-state index in [1.54, 1.807) is 0 Å². The van der Waals surface area contributed by atoms with E-state index < -0.39 is 12.5 Å². The van der Waals surface area contributed by atoms with Gasteiger partial charge in [0.15, 0.2) is 0 Å². The number of hydrogen-bond donors (Lipinski definition) is 1. The lowest BCUT2D eigenvalue weighted by Gasteiger charge is -2.15. The van der Waals surface area contributed by atoms with E-state index in [-0.39, 0.29) is 0 Å². The van der Waals surface area contributed by atoms with E-state index in [4.69, 9.17) is 0 Å². The van der Waals surface area contributed by atoms with Crippen molar-refractivity contribution in [2.45, 2.75) is 19.4 Å². The Bertz CT molecular complexity index is 477. The second-order valence-corrected chi connectivity index (χ2v) is 3.79. The minimum absolute atomic E-state index is 0.755. The number of benzene rings is 2. The highest BCUT2D eigenvalue weighted by Crippen LogP contribution is 2.24. The lowest BCUT2D eigenvalue weighted by molar-refractivity contribution is 0.131. The fourth-order valence-corrected chi connectivity index (χ4v) is 1.66. The molecule has 1 atom stereocenters. The Balaban J connectivity index is 2.37. The highest BCUT2D eigenvalue weighted by Gasteiger charge is 2.14. The second-order valence-electron chi connectivity index (χ2n) is 3.79. The van der Waals surface area contributed by atoms with E-state index >= 15 is 0 Å². The molecule has 0 saturated carbocycles. The van der Waals surface area contributed by atoms with Crippen LogP contribution in [0.25, 0.3) is 10.8 Å². The van der Waals surface area contributed by atoms with Crippen LogP contribution in [0.4, 0.5) is 14.5 Å². The molecule has 2 rings (SSSR count). The number of alkyl halides is 2. The van der Waals surface area contributed by atoms with Crippen molar-refractivity contribution in [2.24, 2.45) is 0 Å². The van der Waals surface area contributed by atoms with Gasteiger partial charge in [-0.3, -0.25) is 0 Å². The minimum atomic E-state index is -2.36. The van der Waals surface area contributed by atoms with Crippen molar-refractivity contribution in [3.8, 4) is 0 Å². The van der Waals surface area contributed by atoms with Gasteiger partial charge in [-0.2, -0.15) is 0 Å². The van der Waals surface area contributed by atoms with E-state index in [1.165, 1.54) is 6.92 Å². The average molecular weight is 221 g/mol. The first-order valence-corrected chi connectivity index (χ1v) is 5.21. The van der Waals surface area contributed by atoms with Crippen LogP contribution in [0.2, 0.25) is 0 Å². The van der Waals surface area contributed by atoms with Gasteiger partial charge in [0.05, 0.1) is 6.04 Å². The maximum atomic E-state index is 12.5. The van der Waals surface area contributed by atoms with E-state index in [0.717, 1.165) is 16.5 Å². The largest absolute Gasteiger partial charge is 0.376 e. The molecular weight excluding hydrogens is 208 g/mol. The predicted octanol–water partition coefficient (Wildman–Crippen LogP) is 3.91. The van der Waals surface area contributed by atoms with E-state index in [1.807, 2.05) is 42.5 Å². The molecule has 3 heteroatoms. The Morgan fingerprint density at radius 1 is 1.00 bits per heavy atom. The lowest BCUT2D eigenvalue weighted by Crippen LogP contribution is -2.23. The van der Waals surface area contributed by atoms with Crippen LogP contribution in [-0.4, -0.2) is 12.5 Å². The van der Waals surface area contributed by atoms with Gasteiger partial charge in [0.1, 0.15) is 0 Å². The summed E-state index contributed by atoms with van der Waals surface area (Å²) in [5.41, 5.74) is 0.755. The summed E-state index contributed by atoms with van der Waals surface area (Å²) in [5, 5.41) is 4.85. The average Bonchev–Trinajstić information content (AvgIpc) is 2.29. The number of rotatable bonds is 3. The number of hydrogen-bond acceptors (Lipinski definition) is 1. The summed E-state index contributed by atoms with van der Waals surface area (Å²) in [6.07, 6.45) is -2.36. The predicted molar refractivity (Wildman–Crippen MR) is 63.0 cm³/mol. The number of halogens is 2. The van der Waals surface area contributed by atoms with E-state index in [0.29, 0.717) is 0 Å². The molecule has 0 fully saturated rings. The zero-order valence-corrected chi connectivity index (χ0v) is 8.95. The fraction of sp³-hybridized carbons (Fsp3) is 0.231. The number of anilines is 1. The van der Waals surface area contributed by atoms with Crippen molar-refractivity contribution in [1.29, 1.82) is 0 Å². The summed E-state index contributed by atoms with van der Waals surface area (Å²) in [7, 11) is 0. The molecule has 2 aromatic rings. The van der Waals surface area contributed by atoms with Crippen molar-refractivity contribution in [2.75, 3.05) is 5.32 Å². The first-order chi connectivity index (χ1) is 7.68. The Kier molecular flexibility index (Phi) is 3.04. The van der Waals surface area contributed by atoms with Gasteiger partial charge in [-0.15, -0.1) is 0 Å². The van der Waals surface area contributed by atoms with Crippen LogP contribution in [0.5, 0.6) is 0 Å². The quantitative estimate of drug-likeness (QED) is 0.828. The summed E-state index contributed by atoms with van der Waals surface area (Å²) >= 11 is 0. The van der Waals surface area contributed by atoms with Gasteiger partial charge in [-0.05, 0) is 18.4 Å². The van der Waals surface area contributed by atoms with Crippen LogP contribution in [0.1, 0.15) is 6.92 Å². The Morgan fingerprint density at radius 3 is 2.44 bits per heavy atom. The highest BCUT2D eigenvalue weighted by molar-refractivity contribution is 5.93. The smallest absolute Gasteiger partial charge is 0.258 e. The zero-order valence-electron chi connectivity index (χ0n) is 8.95. The van der Waals surface area contributed by atoms with E-state index in [2.05, 4.69) is 5.32 Å². The van der Waals surface area contributed by atoms with Crippen molar-refractivity contribution in [3.05, 3.63) is 42.5 Å². The second kappa shape index (κ2) is 4.47. The van der Waals surface area contributed by atoms with Crippen LogP contribution in [-0.2, 0) is 0 Å². The Hall–Kier alpha value is -1.64. The van der Waals surface area contributed by atoms with Gasteiger partial charge in [0.25, 0.3) is 6.43 Å². The minimum Gasteiger partial charge on any atom is -0.376 e. The van der Waals surface area contributed by atoms with Crippen molar-refractivity contribution < 1.29 is 8.78 Å². The van der Waals surface area contributed by atoms with Crippen LogP contribution in [0.3, 0.4) is 0 Å². The molecule has 2 aromatic carbocycles. The topological polar surface area (TPSA) is 12.0 Å². The molecule has 1 unspecified atom stereocenters. The van der Waals surface area contributed by atoms with Gasteiger partial charge in [0.2, 0.25) is 0 Å². The molecule has 0 aliphatic heterocycles. The fourth-order valence-electron chi connectivity index (χ4n) is 1.66. The molecule has 1 N–H and O–H groups in total. The molecule has 0 aliphatic rings. The number of nitrogens with one attached hydrogen (secondary N) is 1. The van der Waals surface area contributed by atoms with Crippen LogP contribution < -0.4 is 5.32 Å². The van der Waals surface area contributed by atoms with Crippen molar-refractivity contribution in [1.82, 2.24) is 0 Å². The van der Waals surface area contributed by atoms with Gasteiger partial charge in [-0.25, -0.2) is 8.78 Å². The third-order valence-corrected chi connectivity index (χ3v) is 2.55. The van der Waals surface area contributed by atoms with Crippen LogP contribution >= 0.6 is 0 Å². The third kappa shape index (κ3) is 2.13. The zero-order chi connectivity index (χ0) is 11.5. The van der Waals surface area contributed by atoms with Crippen molar-refractivity contribution >= 4 is 16.5 Å². The molecule has 0 bridgehead atoms. The maximum absolute atomic E-state index is 12.5. The van der Waals surface area contributed by atoms with Gasteiger partial charge in [-0.1, -0.05) is 36.4 Å². The van der Waals surface area contributed by atoms with Crippen LogP contribution in [0, 0.1) is 0 Å². The lowest BCUT2D eigenvalue weighted by atomic mass is 10.1. The summed E-state index contributed by atoms with van der Waals surface area (Å²) in [6, 6.07) is 12.5. The molecule has 84 valence electrons. The Labute approximate surface area is 93.1 Å². The Morgan fingerprint density at radius 2 is 1.69 bits per heavy atom. The van der Waals surface area contributed by atoms with Gasteiger partial charge >= 0.3 is 0 Å². The molecule has 0 aromatic heterocycles. The molecule has 0 heterocycles. The molecule has 1 nitrogen and oxygen atoms in total. The molecule has 0 radical (unpaired) electrons. The first kappa shape index (κ1) is 10.9. The molecule has 0 aliphatic carbocycles. The SMILES string of the molecule is CC(Nc1cccc2ccccc12)C(F)F. The molecule has 0 saturated heterocycles. The summed E-state index contributed by atoms with van der Waals surface area (Å²) in [5.74, 6) is 0. The van der Waals surface area contributed by atoms with Crippen LogP contribution in [0.15, 0.2) is 42.5 Å². The molecule has 0 amide bonds. The van der Waals surface area contributed by atoms with Crippen molar-refractivity contribution in [3.63, 3.8) is 0 Å².